The quantitative estimate of drug-likeness (QED) is 0.598. The van der Waals surface area contributed by atoms with Crippen molar-refractivity contribution >= 4 is 21.9 Å². The molecule has 0 radical (unpaired) electrons. The minimum absolute atomic E-state index is 0.0310. The number of hydrogen-bond acceptors (Lipinski definition) is 7. The number of nitrogens with zero attached hydrogens (tertiary/aromatic N) is 3. The summed E-state index contributed by atoms with van der Waals surface area (Å²) in [5.74, 6) is -4.07. The molecule has 172 valence electrons. The predicted octanol–water partition coefficient (Wildman–Crippen LogP) is 0.462. The van der Waals surface area contributed by atoms with Crippen LogP contribution in [0.1, 0.15) is 38.5 Å². The van der Waals surface area contributed by atoms with Crippen LogP contribution in [0.2, 0.25) is 0 Å². The van der Waals surface area contributed by atoms with Crippen LogP contribution in [0.25, 0.3) is 0 Å². The number of fused-ring (bicyclic) bond motifs is 3. The standard InChI is InChI=1S/C18H23F3N4O5S/c1-31(28,29)25-11-2-3-12(25)5-9(4-11)14(23)15(26)24-13(8-22)6-10-7-17(10,24)30-16(27)18(19,20)21/h9-14H,2-7,23H2,1H3/t9?,10-,11?,12?,13+,14+,17+/m1/s1. The Kier molecular flexibility index (Phi) is 5.07. The molecule has 2 bridgehead atoms. The molecule has 0 aromatic heterocycles. The van der Waals surface area contributed by atoms with Gasteiger partial charge in [-0.05, 0) is 38.0 Å². The second kappa shape index (κ2) is 7.05. The Labute approximate surface area is 177 Å². The van der Waals surface area contributed by atoms with E-state index in [0.29, 0.717) is 25.7 Å². The molecular formula is C18H23F3N4O5S. The molecule has 2 unspecified atom stereocenters. The molecule has 4 rings (SSSR count). The number of nitrogens with two attached hydrogens (primary N) is 1. The Bertz CT molecular complexity index is 937. The Morgan fingerprint density at radius 2 is 1.81 bits per heavy atom. The van der Waals surface area contributed by atoms with Gasteiger partial charge in [0.15, 0.2) is 5.72 Å². The van der Waals surface area contributed by atoms with E-state index in [-0.39, 0.29) is 24.9 Å². The third-order valence-corrected chi connectivity index (χ3v) is 8.37. The molecule has 0 spiro atoms. The van der Waals surface area contributed by atoms with Crippen LogP contribution in [0.4, 0.5) is 13.2 Å². The van der Waals surface area contributed by atoms with Gasteiger partial charge < -0.3 is 10.5 Å². The molecule has 0 aromatic carbocycles. The number of esters is 1. The maximum Gasteiger partial charge on any atom is 0.491 e. The number of halogens is 3. The van der Waals surface area contributed by atoms with Crippen molar-refractivity contribution in [2.75, 3.05) is 6.26 Å². The van der Waals surface area contributed by atoms with Gasteiger partial charge in [0.05, 0.1) is 18.4 Å². The van der Waals surface area contributed by atoms with Crippen LogP contribution in [0, 0.1) is 23.2 Å². The van der Waals surface area contributed by atoms with E-state index >= 15 is 0 Å². The maximum atomic E-state index is 13.2. The lowest BCUT2D eigenvalue weighted by atomic mass is 9.85. The van der Waals surface area contributed by atoms with Crippen molar-refractivity contribution < 1.29 is 35.9 Å². The Balaban J connectivity index is 1.53. The summed E-state index contributed by atoms with van der Waals surface area (Å²) < 4.78 is 68.5. The molecule has 13 heteroatoms. The molecule has 6 atom stereocenters. The third kappa shape index (κ3) is 3.58. The normalized spacial score (nSPS) is 38.3. The van der Waals surface area contributed by atoms with Gasteiger partial charge in [-0.25, -0.2) is 13.2 Å². The van der Waals surface area contributed by atoms with Crippen LogP contribution in [-0.4, -0.2) is 71.8 Å². The number of likely N-dealkylation sites (tertiary alicyclic amines) is 1. The topological polar surface area (TPSA) is 134 Å². The van der Waals surface area contributed by atoms with E-state index in [1.807, 2.05) is 6.07 Å². The summed E-state index contributed by atoms with van der Waals surface area (Å²) >= 11 is 0. The van der Waals surface area contributed by atoms with Crippen molar-refractivity contribution in [1.82, 2.24) is 9.21 Å². The number of ether oxygens (including phenoxy) is 1. The summed E-state index contributed by atoms with van der Waals surface area (Å²) in [5, 5.41) is 9.42. The summed E-state index contributed by atoms with van der Waals surface area (Å²) in [6, 6.07) is -0.844. The minimum atomic E-state index is -5.22. The fraction of sp³-hybridized carbons (Fsp3) is 0.833. The van der Waals surface area contributed by atoms with Crippen LogP contribution in [0.15, 0.2) is 0 Å². The molecule has 3 saturated heterocycles. The molecule has 2 N–H and O–H groups in total. The van der Waals surface area contributed by atoms with Gasteiger partial charge in [0.2, 0.25) is 15.9 Å². The predicted molar refractivity (Wildman–Crippen MR) is 98.0 cm³/mol. The lowest BCUT2D eigenvalue weighted by Crippen LogP contribution is -2.58. The highest BCUT2D eigenvalue weighted by atomic mass is 32.2. The number of amides is 1. The minimum Gasteiger partial charge on any atom is -0.432 e. The number of hydrogen-bond donors (Lipinski definition) is 1. The van der Waals surface area contributed by atoms with Crippen LogP contribution in [0.3, 0.4) is 0 Å². The molecule has 0 aromatic rings. The van der Waals surface area contributed by atoms with Crippen LogP contribution < -0.4 is 5.73 Å². The third-order valence-electron chi connectivity index (χ3n) is 7.01. The monoisotopic (exact) mass is 464 g/mol. The molecule has 1 amide bonds. The maximum absolute atomic E-state index is 13.2. The number of nitriles is 1. The zero-order valence-electron chi connectivity index (χ0n) is 16.7. The zero-order valence-corrected chi connectivity index (χ0v) is 17.5. The first-order chi connectivity index (χ1) is 14.3. The molecule has 1 aliphatic carbocycles. The lowest BCUT2D eigenvalue weighted by molar-refractivity contribution is -0.217. The van der Waals surface area contributed by atoms with E-state index in [4.69, 9.17) is 10.5 Å². The van der Waals surface area contributed by atoms with Crippen molar-refractivity contribution in [1.29, 1.82) is 5.26 Å². The number of rotatable bonds is 4. The van der Waals surface area contributed by atoms with Gasteiger partial charge in [-0.15, -0.1) is 0 Å². The van der Waals surface area contributed by atoms with Gasteiger partial charge in [-0.2, -0.15) is 22.7 Å². The Morgan fingerprint density at radius 3 is 2.29 bits per heavy atom. The van der Waals surface area contributed by atoms with Crippen molar-refractivity contribution in [2.45, 2.75) is 74.6 Å². The summed E-state index contributed by atoms with van der Waals surface area (Å²) in [5.41, 5.74) is 4.44. The van der Waals surface area contributed by atoms with E-state index < -0.39 is 57.7 Å². The number of carbonyl (C=O) groups excluding carboxylic acids is 2. The fourth-order valence-corrected chi connectivity index (χ4v) is 7.18. The molecule has 3 aliphatic heterocycles. The largest absolute Gasteiger partial charge is 0.491 e. The van der Waals surface area contributed by atoms with Gasteiger partial charge in [-0.1, -0.05) is 0 Å². The number of sulfonamides is 1. The molecular weight excluding hydrogens is 441 g/mol. The number of piperidine rings is 2. The first-order valence-electron chi connectivity index (χ1n) is 10.1. The van der Waals surface area contributed by atoms with Gasteiger partial charge in [-0.3, -0.25) is 9.69 Å². The Morgan fingerprint density at radius 1 is 1.23 bits per heavy atom. The van der Waals surface area contributed by atoms with E-state index in [1.54, 1.807) is 0 Å². The van der Waals surface area contributed by atoms with Gasteiger partial charge in [0.25, 0.3) is 0 Å². The molecule has 9 nitrogen and oxygen atoms in total. The molecule has 1 saturated carbocycles. The van der Waals surface area contributed by atoms with E-state index in [9.17, 15) is 36.4 Å². The Hall–Kier alpha value is -1.91. The van der Waals surface area contributed by atoms with Crippen LogP contribution in [0.5, 0.6) is 0 Å². The van der Waals surface area contributed by atoms with E-state index in [2.05, 4.69) is 0 Å². The summed E-state index contributed by atoms with van der Waals surface area (Å²) in [7, 11) is -3.41. The van der Waals surface area contributed by atoms with Gasteiger partial charge in [0, 0.05) is 24.4 Å². The molecule has 3 heterocycles. The number of carbonyl (C=O) groups is 2. The zero-order chi connectivity index (χ0) is 22.9. The highest BCUT2D eigenvalue weighted by molar-refractivity contribution is 7.88. The van der Waals surface area contributed by atoms with Crippen molar-refractivity contribution in [2.24, 2.45) is 17.6 Å². The molecule has 31 heavy (non-hydrogen) atoms. The smallest absolute Gasteiger partial charge is 0.432 e. The van der Waals surface area contributed by atoms with E-state index in [1.165, 1.54) is 4.31 Å². The van der Waals surface area contributed by atoms with Gasteiger partial charge >= 0.3 is 12.1 Å². The average Bonchev–Trinajstić information content (AvgIpc) is 3.13. The van der Waals surface area contributed by atoms with Crippen molar-refractivity contribution in [3.8, 4) is 6.07 Å². The summed E-state index contributed by atoms with van der Waals surface area (Å²) in [6.07, 6.45) is -1.95. The summed E-state index contributed by atoms with van der Waals surface area (Å²) in [6.45, 7) is 0. The SMILES string of the molecule is CS(=O)(=O)N1C2CCC1CC([C@H](N)C(=O)N1[C@H](C#N)C[C@@H]3C[C@]31OC(=O)C(F)(F)F)C2. The first-order valence-corrected chi connectivity index (χ1v) is 11.9. The fourth-order valence-electron chi connectivity index (χ4n) is 5.71. The van der Waals surface area contributed by atoms with Crippen molar-refractivity contribution in [3.63, 3.8) is 0 Å². The highest BCUT2D eigenvalue weighted by Gasteiger charge is 2.72. The number of alkyl halides is 3. The molecule has 4 fully saturated rings. The van der Waals surface area contributed by atoms with E-state index in [0.717, 1.165) is 11.2 Å². The summed E-state index contributed by atoms with van der Waals surface area (Å²) in [4.78, 5) is 25.6. The van der Waals surface area contributed by atoms with Crippen LogP contribution in [-0.2, 0) is 24.3 Å². The first kappa shape index (κ1) is 22.3. The van der Waals surface area contributed by atoms with Gasteiger partial charge in [0.1, 0.15) is 6.04 Å². The lowest BCUT2D eigenvalue weighted by Gasteiger charge is -2.40. The average molecular weight is 464 g/mol. The highest BCUT2D eigenvalue weighted by Crippen LogP contribution is 2.59. The van der Waals surface area contributed by atoms with Crippen molar-refractivity contribution in [3.05, 3.63) is 0 Å². The second-order valence-electron chi connectivity index (χ2n) is 8.96. The second-order valence-corrected chi connectivity index (χ2v) is 10.8. The molecule has 4 aliphatic rings. The van der Waals surface area contributed by atoms with Crippen LogP contribution >= 0.6 is 0 Å².